The molecule has 0 amide bonds. The van der Waals surface area contributed by atoms with Gasteiger partial charge in [0.2, 0.25) is 0 Å². The molecule has 0 saturated carbocycles. The number of fused-ring (bicyclic) bond motifs is 3. The number of carbonyl (C=O) groups excluding carboxylic acids is 1. The van der Waals surface area contributed by atoms with Gasteiger partial charge in [-0.05, 0) is 46.5 Å². The van der Waals surface area contributed by atoms with Crippen molar-refractivity contribution in [1.82, 2.24) is 0 Å². The maximum atomic E-state index is 11.3. The highest BCUT2D eigenvalue weighted by atomic mass is 79.9. The summed E-state index contributed by atoms with van der Waals surface area (Å²) in [6.45, 7) is 0. The van der Waals surface area contributed by atoms with E-state index in [4.69, 9.17) is 0 Å². The molecule has 0 aromatic heterocycles. The summed E-state index contributed by atoms with van der Waals surface area (Å²) in [6.07, 6.45) is 1.02. The van der Waals surface area contributed by atoms with Crippen molar-refractivity contribution in [2.24, 2.45) is 0 Å². The minimum atomic E-state index is -0.134. The number of hydrogen-bond donors (Lipinski definition) is 0. The van der Waals surface area contributed by atoms with Gasteiger partial charge in [0.05, 0.1) is 5.92 Å². The molecule has 17 heavy (non-hydrogen) atoms. The van der Waals surface area contributed by atoms with Crippen LogP contribution in [0.2, 0.25) is 0 Å². The largest absolute Gasteiger partial charge is 0.302 e. The predicted octanol–water partition coefficient (Wildman–Crippen LogP) is 4.52. The van der Waals surface area contributed by atoms with E-state index >= 15 is 0 Å². The van der Waals surface area contributed by atoms with E-state index in [-0.39, 0.29) is 5.92 Å². The Bertz CT molecular complexity index is 620. The van der Waals surface area contributed by atoms with Crippen LogP contribution in [-0.2, 0) is 4.79 Å². The fraction of sp³-hybridized carbons (Fsp3) is 0.0714. The fourth-order valence-corrected chi connectivity index (χ4v) is 3.12. The highest BCUT2D eigenvalue weighted by molar-refractivity contribution is 9.10. The van der Waals surface area contributed by atoms with Crippen LogP contribution < -0.4 is 0 Å². The van der Waals surface area contributed by atoms with Crippen molar-refractivity contribution in [2.75, 3.05) is 0 Å². The first kappa shape index (κ1) is 11.2. The molecule has 0 spiro atoms. The third-order valence-electron chi connectivity index (χ3n) is 3.13. The molecular weight excluding hydrogens is 344 g/mol. The van der Waals surface area contributed by atoms with Crippen molar-refractivity contribution < 1.29 is 4.79 Å². The summed E-state index contributed by atoms with van der Waals surface area (Å²) in [6, 6.07) is 12.2. The first-order chi connectivity index (χ1) is 8.20. The fourth-order valence-electron chi connectivity index (χ4n) is 2.38. The summed E-state index contributed by atoms with van der Waals surface area (Å²) in [7, 11) is 0. The maximum absolute atomic E-state index is 11.3. The predicted molar refractivity (Wildman–Crippen MR) is 75.2 cm³/mol. The second kappa shape index (κ2) is 4.07. The van der Waals surface area contributed by atoms with E-state index < -0.39 is 0 Å². The lowest BCUT2D eigenvalue weighted by Crippen LogP contribution is -1.97. The minimum Gasteiger partial charge on any atom is -0.302 e. The van der Waals surface area contributed by atoms with Gasteiger partial charge in [-0.15, -0.1) is 0 Å². The molecule has 2 aromatic rings. The molecule has 3 rings (SSSR count). The van der Waals surface area contributed by atoms with Gasteiger partial charge in [0, 0.05) is 8.95 Å². The number of aldehydes is 1. The first-order valence-corrected chi connectivity index (χ1v) is 6.84. The lowest BCUT2D eigenvalue weighted by molar-refractivity contribution is -0.108. The molecule has 0 heterocycles. The van der Waals surface area contributed by atoms with Crippen LogP contribution in [0.5, 0.6) is 0 Å². The van der Waals surface area contributed by atoms with Crippen LogP contribution in [0, 0.1) is 0 Å². The van der Waals surface area contributed by atoms with E-state index in [2.05, 4.69) is 44.0 Å². The van der Waals surface area contributed by atoms with Crippen LogP contribution in [0.15, 0.2) is 45.3 Å². The molecule has 0 N–H and O–H groups in total. The average Bonchev–Trinajstić information content (AvgIpc) is 2.61. The van der Waals surface area contributed by atoms with Crippen molar-refractivity contribution >= 4 is 38.1 Å². The summed E-state index contributed by atoms with van der Waals surface area (Å²) < 4.78 is 2.05. The van der Waals surface area contributed by atoms with Crippen LogP contribution in [-0.4, -0.2) is 6.29 Å². The Morgan fingerprint density at radius 1 is 0.882 bits per heavy atom. The highest BCUT2D eigenvalue weighted by Crippen LogP contribution is 2.45. The van der Waals surface area contributed by atoms with E-state index in [9.17, 15) is 4.79 Å². The molecule has 1 nitrogen and oxygen atoms in total. The Labute approximate surface area is 116 Å². The summed E-state index contributed by atoms with van der Waals surface area (Å²) in [5.41, 5.74) is 4.49. The lowest BCUT2D eigenvalue weighted by Gasteiger charge is -2.04. The zero-order valence-electron chi connectivity index (χ0n) is 8.78. The quantitative estimate of drug-likeness (QED) is 0.690. The Morgan fingerprint density at radius 3 is 2.35 bits per heavy atom. The topological polar surface area (TPSA) is 17.1 Å². The van der Waals surface area contributed by atoms with E-state index in [1.165, 1.54) is 0 Å². The standard InChI is InChI=1S/C14H8Br2O/c15-8-2-4-11-12(5-8)10-3-1-9(16)6-13(10)14(11)7-17/h1-7,14H. The van der Waals surface area contributed by atoms with Crippen LogP contribution >= 0.6 is 31.9 Å². The van der Waals surface area contributed by atoms with Gasteiger partial charge < -0.3 is 4.79 Å². The summed E-state index contributed by atoms with van der Waals surface area (Å²) in [5, 5.41) is 0. The van der Waals surface area contributed by atoms with Crippen LogP contribution in [0.25, 0.3) is 11.1 Å². The molecule has 1 aliphatic rings. The van der Waals surface area contributed by atoms with Crippen LogP contribution in [0.1, 0.15) is 17.0 Å². The minimum absolute atomic E-state index is 0.134. The first-order valence-electron chi connectivity index (χ1n) is 5.25. The average molecular weight is 352 g/mol. The van der Waals surface area contributed by atoms with Gasteiger partial charge in [0.25, 0.3) is 0 Å². The molecule has 1 aliphatic carbocycles. The van der Waals surface area contributed by atoms with Crippen LogP contribution in [0.4, 0.5) is 0 Å². The normalized spacial score (nSPS) is 16.5. The number of carbonyl (C=O) groups is 1. The lowest BCUT2D eigenvalue weighted by atomic mass is 9.99. The third-order valence-corrected chi connectivity index (χ3v) is 4.11. The molecule has 0 aliphatic heterocycles. The number of halogens is 2. The molecule has 0 bridgehead atoms. The maximum Gasteiger partial charge on any atom is 0.131 e. The molecule has 2 aromatic carbocycles. The Kier molecular flexibility index (Phi) is 2.68. The van der Waals surface area contributed by atoms with E-state index in [1.807, 2.05) is 24.3 Å². The number of benzene rings is 2. The second-order valence-corrected chi connectivity index (χ2v) is 5.91. The third kappa shape index (κ3) is 1.69. The van der Waals surface area contributed by atoms with Crippen molar-refractivity contribution in [3.63, 3.8) is 0 Å². The van der Waals surface area contributed by atoms with Gasteiger partial charge in [-0.2, -0.15) is 0 Å². The van der Waals surface area contributed by atoms with Crippen molar-refractivity contribution in [3.8, 4) is 11.1 Å². The van der Waals surface area contributed by atoms with Gasteiger partial charge in [-0.1, -0.05) is 44.0 Å². The molecule has 3 heteroatoms. The van der Waals surface area contributed by atoms with Crippen molar-refractivity contribution in [2.45, 2.75) is 5.92 Å². The van der Waals surface area contributed by atoms with Gasteiger partial charge in [0.1, 0.15) is 6.29 Å². The summed E-state index contributed by atoms with van der Waals surface area (Å²) in [4.78, 5) is 11.3. The molecule has 1 unspecified atom stereocenters. The number of rotatable bonds is 1. The van der Waals surface area contributed by atoms with Gasteiger partial charge in [-0.3, -0.25) is 0 Å². The SMILES string of the molecule is O=CC1c2ccc(Br)cc2-c2ccc(Br)cc21. The Hall–Kier alpha value is -0.930. The van der Waals surface area contributed by atoms with E-state index in [0.29, 0.717) is 0 Å². The summed E-state index contributed by atoms with van der Waals surface area (Å²) in [5.74, 6) is -0.134. The zero-order valence-corrected chi connectivity index (χ0v) is 12.0. The monoisotopic (exact) mass is 350 g/mol. The van der Waals surface area contributed by atoms with Crippen LogP contribution in [0.3, 0.4) is 0 Å². The molecule has 0 saturated heterocycles. The number of hydrogen-bond acceptors (Lipinski definition) is 1. The van der Waals surface area contributed by atoms with Gasteiger partial charge in [0.15, 0.2) is 0 Å². The van der Waals surface area contributed by atoms with Crippen molar-refractivity contribution in [3.05, 3.63) is 56.5 Å². The summed E-state index contributed by atoms with van der Waals surface area (Å²) >= 11 is 6.93. The molecule has 1 atom stereocenters. The van der Waals surface area contributed by atoms with Gasteiger partial charge in [-0.25, -0.2) is 0 Å². The Balaban J connectivity index is 2.33. The van der Waals surface area contributed by atoms with Crippen molar-refractivity contribution in [1.29, 1.82) is 0 Å². The van der Waals surface area contributed by atoms with E-state index in [1.54, 1.807) is 0 Å². The molecular formula is C14H8Br2O. The Morgan fingerprint density at radius 2 is 1.59 bits per heavy atom. The molecule has 0 radical (unpaired) electrons. The second-order valence-electron chi connectivity index (χ2n) is 4.08. The smallest absolute Gasteiger partial charge is 0.131 e. The molecule has 84 valence electrons. The van der Waals surface area contributed by atoms with Gasteiger partial charge >= 0.3 is 0 Å². The highest BCUT2D eigenvalue weighted by Gasteiger charge is 2.28. The zero-order chi connectivity index (χ0) is 12.0. The van der Waals surface area contributed by atoms with E-state index in [0.717, 1.165) is 37.5 Å². The molecule has 0 fully saturated rings.